The number of rotatable bonds is 6. The minimum atomic E-state index is -0.0415. The summed E-state index contributed by atoms with van der Waals surface area (Å²) in [4.78, 5) is 13.9. The molecule has 0 spiro atoms. The van der Waals surface area contributed by atoms with Gasteiger partial charge < -0.3 is 5.32 Å². The van der Waals surface area contributed by atoms with Gasteiger partial charge in [-0.1, -0.05) is 74.9 Å². The van der Waals surface area contributed by atoms with Crippen LogP contribution in [0.25, 0.3) is 0 Å². The van der Waals surface area contributed by atoms with Crippen LogP contribution in [-0.2, 0) is 11.2 Å². The van der Waals surface area contributed by atoms with Crippen LogP contribution in [0, 0.1) is 6.92 Å². The molecule has 0 bridgehead atoms. The molecule has 0 fully saturated rings. The van der Waals surface area contributed by atoms with Crippen molar-refractivity contribution in [2.75, 3.05) is 0 Å². The Morgan fingerprint density at radius 2 is 1.50 bits per heavy atom. The molecule has 0 unspecified atom stereocenters. The fourth-order valence-electron chi connectivity index (χ4n) is 3.19. The summed E-state index contributed by atoms with van der Waals surface area (Å²) in [6.45, 7) is 10.7. The highest BCUT2D eigenvalue weighted by Crippen LogP contribution is 2.25. The van der Waals surface area contributed by atoms with Gasteiger partial charge in [-0.05, 0) is 60.2 Å². The lowest BCUT2D eigenvalue weighted by atomic mass is 9.86. The average molecular weight is 418 g/mol. The van der Waals surface area contributed by atoms with Crippen LogP contribution >= 0.6 is 11.8 Å². The van der Waals surface area contributed by atoms with Crippen LogP contribution in [0.4, 0.5) is 0 Å². The van der Waals surface area contributed by atoms with Gasteiger partial charge in [0.1, 0.15) is 0 Å². The molecule has 0 radical (unpaired) electrons. The first-order valence-corrected chi connectivity index (χ1v) is 11.4. The maximum Gasteiger partial charge on any atom is 0.251 e. The molecule has 3 aromatic carbocycles. The summed E-state index contributed by atoms with van der Waals surface area (Å²) in [5.41, 5.74) is 5.71. The number of hydrogen-bond acceptors (Lipinski definition) is 2. The molecule has 0 aliphatic heterocycles. The van der Waals surface area contributed by atoms with Crippen molar-refractivity contribution in [1.29, 1.82) is 0 Å². The SMILES string of the molecule is Cc1ccc(SCc2ccc(C(=O)N[C@H](C)c3ccc(C(C)(C)C)cc3)cc2)cc1. The maximum atomic E-state index is 12.7. The molecule has 0 saturated heterocycles. The van der Waals surface area contributed by atoms with Gasteiger partial charge in [0.25, 0.3) is 5.91 Å². The molecule has 0 aromatic heterocycles. The Morgan fingerprint density at radius 3 is 2.07 bits per heavy atom. The van der Waals surface area contributed by atoms with E-state index in [1.54, 1.807) is 11.8 Å². The van der Waals surface area contributed by atoms with E-state index in [4.69, 9.17) is 0 Å². The predicted octanol–water partition coefficient (Wildman–Crippen LogP) is 7.08. The number of carbonyl (C=O) groups is 1. The average Bonchev–Trinajstić information content (AvgIpc) is 2.73. The summed E-state index contributed by atoms with van der Waals surface area (Å²) in [6, 6.07) is 25.0. The second-order valence-electron chi connectivity index (χ2n) is 8.87. The third kappa shape index (κ3) is 5.99. The van der Waals surface area contributed by atoms with Crippen LogP contribution in [0.15, 0.2) is 77.7 Å². The summed E-state index contributed by atoms with van der Waals surface area (Å²) >= 11 is 1.81. The Kier molecular flexibility index (Phi) is 7.04. The third-order valence-electron chi connectivity index (χ3n) is 5.27. The number of hydrogen-bond donors (Lipinski definition) is 1. The fourth-order valence-corrected chi connectivity index (χ4v) is 4.04. The lowest BCUT2D eigenvalue weighted by molar-refractivity contribution is 0.0940. The van der Waals surface area contributed by atoms with Crippen molar-refractivity contribution in [2.24, 2.45) is 0 Å². The van der Waals surface area contributed by atoms with E-state index < -0.39 is 0 Å². The van der Waals surface area contributed by atoms with E-state index in [1.165, 1.54) is 21.6 Å². The molecule has 3 rings (SSSR count). The van der Waals surface area contributed by atoms with Crippen LogP contribution in [0.5, 0.6) is 0 Å². The smallest absolute Gasteiger partial charge is 0.251 e. The van der Waals surface area contributed by atoms with Gasteiger partial charge in [0.05, 0.1) is 6.04 Å². The summed E-state index contributed by atoms with van der Waals surface area (Å²) in [5.74, 6) is 0.849. The van der Waals surface area contributed by atoms with Crippen molar-refractivity contribution < 1.29 is 4.79 Å². The number of amides is 1. The summed E-state index contributed by atoms with van der Waals surface area (Å²) in [7, 11) is 0. The summed E-state index contributed by atoms with van der Waals surface area (Å²) in [5, 5.41) is 3.11. The number of nitrogens with one attached hydrogen (secondary N) is 1. The van der Waals surface area contributed by atoms with Gasteiger partial charge in [0.2, 0.25) is 0 Å². The number of benzene rings is 3. The van der Waals surface area contributed by atoms with Gasteiger partial charge in [-0.2, -0.15) is 0 Å². The summed E-state index contributed by atoms with van der Waals surface area (Å²) in [6.07, 6.45) is 0. The molecule has 0 aliphatic carbocycles. The highest BCUT2D eigenvalue weighted by Gasteiger charge is 2.15. The number of carbonyl (C=O) groups excluding carboxylic acids is 1. The van der Waals surface area contributed by atoms with E-state index in [0.717, 1.165) is 11.3 Å². The van der Waals surface area contributed by atoms with Crippen molar-refractivity contribution in [3.8, 4) is 0 Å². The zero-order valence-corrected chi connectivity index (χ0v) is 19.3. The van der Waals surface area contributed by atoms with E-state index in [9.17, 15) is 4.79 Å². The Labute approximate surface area is 185 Å². The molecule has 1 amide bonds. The lowest BCUT2D eigenvalue weighted by Crippen LogP contribution is -2.26. The van der Waals surface area contributed by atoms with Crippen molar-refractivity contribution in [3.05, 3.63) is 101 Å². The second kappa shape index (κ2) is 9.53. The minimum absolute atomic E-state index is 0.0386. The third-order valence-corrected chi connectivity index (χ3v) is 6.35. The first-order valence-electron chi connectivity index (χ1n) is 10.4. The zero-order chi connectivity index (χ0) is 21.7. The topological polar surface area (TPSA) is 29.1 Å². The van der Waals surface area contributed by atoms with Crippen molar-refractivity contribution >= 4 is 17.7 Å². The predicted molar refractivity (Wildman–Crippen MR) is 128 cm³/mol. The monoisotopic (exact) mass is 417 g/mol. The van der Waals surface area contributed by atoms with E-state index in [0.29, 0.717) is 5.56 Å². The molecule has 3 heteroatoms. The molecular weight excluding hydrogens is 386 g/mol. The van der Waals surface area contributed by atoms with Gasteiger partial charge in [0.15, 0.2) is 0 Å². The van der Waals surface area contributed by atoms with Gasteiger partial charge in [-0.3, -0.25) is 4.79 Å². The van der Waals surface area contributed by atoms with Crippen LogP contribution in [0.1, 0.15) is 66.3 Å². The normalized spacial score (nSPS) is 12.4. The van der Waals surface area contributed by atoms with Gasteiger partial charge in [-0.15, -0.1) is 11.8 Å². The molecule has 0 heterocycles. The number of thioether (sulfide) groups is 1. The lowest BCUT2D eigenvalue weighted by Gasteiger charge is -2.20. The minimum Gasteiger partial charge on any atom is -0.346 e. The van der Waals surface area contributed by atoms with Crippen molar-refractivity contribution in [1.82, 2.24) is 5.32 Å². The summed E-state index contributed by atoms with van der Waals surface area (Å²) < 4.78 is 0. The van der Waals surface area contributed by atoms with Gasteiger partial charge in [0, 0.05) is 16.2 Å². The maximum absolute atomic E-state index is 12.7. The van der Waals surface area contributed by atoms with Crippen molar-refractivity contribution in [3.63, 3.8) is 0 Å². The standard InChI is InChI=1S/C27H31NOS/c1-19-6-16-25(17-7-19)30-18-21-8-10-23(11-9-21)26(29)28-20(2)22-12-14-24(15-13-22)27(3,4)5/h6-17,20H,18H2,1-5H3,(H,28,29)/t20-/m1/s1. The Hall–Kier alpha value is -2.52. The van der Waals surface area contributed by atoms with Crippen LogP contribution < -0.4 is 5.32 Å². The van der Waals surface area contributed by atoms with Gasteiger partial charge in [-0.25, -0.2) is 0 Å². The highest BCUT2D eigenvalue weighted by atomic mass is 32.2. The molecule has 3 aromatic rings. The van der Waals surface area contributed by atoms with Crippen LogP contribution in [-0.4, -0.2) is 5.91 Å². The number of aryl methyl sites for hydroxylation is 1. The quantitative estimate of drug-likeness (QED) is 0.434. The second-order valence-corrected chi connectivity index (χ2v) is 9.91. The first-order chi connectivity index (χ1) is 14.2. The van der Waals surface area contributed by atoms with E-state index in [2.05, 4.69) is 81.5 Å². The Morgan fingerprint density at radius 1 is 0.900 bits per heavy atom. The largest absolute Gasteiger partial charge is 0.346 e. The van der Waals surface area contributed by atoms with Gasteiger partial charge >= 0.3 is 0 Å². The van der Waals surface area contributed by atoms with E-state index >= 15 is 0 Å². The molecule has 156 valence electrons. The molecule has 1 atom stereocenters. The van der Waals surface area contributed by atoms with E-state index in [-0.39, 0.29) is 17.4 Å². The van der Waals surface area contributed by atoms with Crippen LogP contribution in [0.3, 0.4) is 0 Å². The molecule has 2 nitrogen and oxygen atoms in total. The highest BCUT2D eigenvalue weighted by molar-refractivity contribution is 7.98. The fraction of sp³-hybridized carbons (Fsp3) is 0.296. The van der Waals surface area contributed by atoms with Crippen LogP contribution in [0.2, 0.25) is 0 Å². The molecule has 1 N–H and O–H groups in total. The van der Waals surface area contributed by atoms with Crippen molar-refractivity contribution in [2.45, 2.75) is 56.7 Å². The Bertz CT molecular complexity index is 967. The molecular formula is C27H31NOS. The molecule has 0 saturated carbocycles. The van der Waals surface area contributed by atoms with E-state index in [1.807, 2.05) is 31.2 Å². The first kappa shape index (κ1) is 22.2. The Balaban J connectivity index is 1.56. The molecule has 30 heavy (non-hydrogen) atoms. The molecule has 0 aliphatic rings. The zero-order valence-electron chi connectivity index (χ0n) is 18.5.